The number of rotatable bonds is 0. The molecule has 1 N–H and O–H groups in total. The number of hydrogen-bond acceptors (Lipinski definition) is 1. The normalized spacial score (nSPS) is 31.8. The highest BCUT2D eigenvalue weighted by atomic mass is 31.1. The van der Waals surface area contributed by atoms with E-state index in [0.29, 0.717) is 0 Å². The number of hydrogen-bond donors (Lipinski definition) is 1. The Morgan fingerprint density at radius 2 is 2.12 bits per heavy atom. The minimum Gasteiger partial charge on any atom is -0.310 e. The Balaban J connectivity index is 2.27. The predicted octanol–water partition coefficient (Wildman–Crippen LogP) is 1.23. The third-order valence-electron chi connectivity index (χ3n) is 1.40. The van der Waals surface area contributed by atoms with Crippen LogP contribution in [0, 0.1) is 0 Å². The van der Waals surface area contributed by atoms with Gasteiger partial charge in [-0.2, -0.15) is 0 Å². The molecule has 0 aromatic carbocycles. The van der Waals surface area contributed by atoms with Crippen LogP contribution in [0.3, 0.4) is 0 Å². The summed E-state index contributed by atoms with van der Waals surface area (Å²) in [5.41, 5.74) is 0. The maximum Gasteiger partial charge on any atom is 0.136 e. The van der Waals surface area contributed by atoms with Crippen LogP contribution in [0.5, 0.6) is 0 Å². The third kappa shape index (κ3) is 1.97. The average Bonchev–Trinajstić information content (AvgIpc) is 1.94. The molecule has 48 valence electrons. The lowest BCUT2D eigenvalue weighted by molar-refractivity contribution is 0.581. The zero-order valence-electron chi connectivity index (χ0n) is 4.94. The molecule has 0 bridgehead atoms. The SMILES string of the molecule is O=[PH]1CCCCCN1. The van der Waals surface area contributed by atoms with Gasteiger partial charge in [0.1, 0.15) is 7.95 Å². The monoisotopic (exact) mass is 133 g/mol. The molecule has 1 rings (SSSR count). The maximum absolute atomic E-state index is 10.8. The third-order valence-corrected chi connectivity index (χ3v) is 2.85. The van der Waals surface area contributed by atoms with E-state index >= 15 is 0 Å². The van der Waals surface area contributed by atoms with Crippen LogP contribution in [0.15, 0.2) is 0 Å². The predicted molar refractivity (Wildman–Crippen MR) is 35.7 cm³/mol. The molecule has 0 spiro atoms. The molecule has 1 saturated heterocycles. The first-order chi connectivity index (χ1) is 3.89. The summed E-state index contributed by atoms with van der Waals surface area (Å²) < 4.78 is 10.8. The standard InChI is InChI=1S/C5H12NOP/c7-8-5-3-1-2-4-6-8/h8H,1-5H2,(H,6,7). The van der Waals surface area contributed by atoms with Crippen molar-refractivity contribution in [2.24, 2.45) is 0 Å². The Morgan fingerprint density at radius 3 is 3.00 bits per heavy atom. The zero-order valence-corrected chi connectivity index (χ0v) is 5.94. The fourth-order valence-corrected chi connectivity index (χ4v) is 2.11. The van der Waals surface area contributed by atoms with Gasteiger partial charge in [0.15, 0.2) is 0 Å². The molecular formula is C5H12NOP. The van der Waals surface area contributed by atoms with Crippen LogP contribution in [-0.2, 0) is 4.57 Å². The van der Waals surface area contributed by atoms with E-state index in [1.54, 1.807) is 0 Å². The van der Waals surface area contributed by atoms with E-state index in [0.717, 1.165) is 19.1 Å². The molecule has 0 amide bonds. The van der Waals surface area contributed by atoms with Crippen molar-refractivity contribution >= 4 is 7.95 Å². The zero-order chi connectivity index (χ0) is 5.82. The summed E-state index contributed by atoms with van der Waals surface area (Å²) in [6.45, 7) is 0.970. The fraction of sp³-hybridized carbons (Fsp3) is 1.00. The Kier molecular flexibility index (Phi) is 2.57. The van der Waals surface area contributed by atoms with Crippen molar-refractivity contribution in [3.05, 3.63) is 0 Å². The Hall–Kier alpha value is 0.190. The quantitative estimate of drug-likeness (QED) is 0.503. The highest BCUT2D eigenvalue weighted by molar-refractivity contribution is 7.42. The summed E-state index contributed by atoms with van der Waals surface area (Å²) in [5, 5.41) is 2.99. The largest absolute Gasteiger partial charge is 0.310 e. The second kappa shape index (κ2) is 3.26. The molecule has 1 unspecified atom stereocenters. The summed E-state index contributed by atoms with van der Waals surface area (Å²) in [6.07, 6.45) is 4.54. The van der Waals surface area contributed by atoms with Crippen molar-refractivity contribution in [3.8, 4) is 0 Å². The molecule has 1 aliphatic rings. The molecule has 1 fully saturated rings. The van der Waals surface area contributed by atoms with Crippen LogP contribution in [-0.4, -0.2) is 12.7 Å². The summed E-state index contributed by atoms with van der Waals surface area (Å²) in [5.74, 6) is 0. The van der Waals surface area contributed by atoms with Gasteiger partial charge in [-0.25, -0.2) is 0 Å². The molecule has 3 heteroatoms. The van der Waals surface area contributed by atoms with Gasteiger partial charge in [0, 0.05) is 12.7 Å². The van der Waals surface area contributed by atoms with Crippen LogP contribution < -0.4 is 5.09 Å². The van der Waals surface area contributed by atoms with E-state index in [1.165, 1.54) is 12.8 Å². The van der Waals surface area contributed by atoms with Gasteiger partial charge in [-0.3, -0.25) is 5.09 Å². The highest BCUT2D eigenvalue weighted by Crippen LogP contribution is 2.19. The topological polar surface area (TPSA) is 29.1 Å². The van der Waals surface area contributed by atoms with Gasteiger partial charge in [0.05, 0.1) is 0 Å². The van der Waals surface area contributed by atoms with Gasteiger partial charge in [-0.15, -0.1) is 0 Å². The fourth-order valence-electron chi connectivity index (χ4n) is 0.904. The number of nitrogens with one attached hydrogen (secondary N) is 1. The smallest absolute Gasteiger partial charge is 0.136 e. The molecule has 8 heavy (non-hydrogen) atoms. The van der Waals surface area contributed by atoms with Crippen LogP contribution in [0.25, 0.3) is 0 Å². The van der Waals surface area contributed by atoms with Crippen molar-refractivity contribution in [1.29, 1.82) is 0 Å². The highest BCUT2D eigenvalue weighted by Gasteiger charge is 2.01. The van der Waals surface area contributed by atoms with E-state index in [2.05, 4.69) is 5.09 Å². The molecule has 0 aromatic heterocycles. The molecule has 2 nitrogen and oxygen atoms in total. The molecule has 1 heterocycles. The minimum absolute atomic E-state index is 0.921. The molecule has 0 aromatic rings. The van der Waals surface area contributed by atoms with Crippen LogP contribution >= 0.6 is 7.95 Å². The van der Waals surface area contributed by atoms with Crippen molar-refractivity contribution in [3.63, 3.8) is 0 Å². The Morgan fingerprint density at radius 1 is 1.25 bits per heavy atom. The second-order valence-electron chi connectivity index (χ2n) is 2.16. The lowest BCUT2D eigenvalue weighted by atomic mass is 10.3. The van der Waals surface area contributed by atoms with Gasteiger partial charge in [0.25, 0.3) is 0 Å². The van der Waals surface area contributed by atoms with Crippen molar-refractivity contribution in [1.82, 2.24) is 5.09 Å². The Labute approximate surface area is 50.5 Å². The lowest BCUT2D eigenvalue weighted by Gasteiger charge is -1.93. The summed E-state index contributed by atoms with van der Waals surface area (Å²) in [4.78, 5) is 0. The molecule has 1 atom stereocenters. The Bertz CT molecular complexity index is 84.4. The second-order valence-corrected chi connectivity index (χ2v) is 3.86. The first-order valence-electron chi connectivity index (χ1n) is 3.16. The van der Waals surface area contributed by atoms with Crippen LogP contribution in [0.2, 0.25) is 0 Å². The van der Waals surface area contributed by atoms with Gasteiger partial charge in [0.2, 0.25) is 0 Å². The van der Waals surface area contributed by atoms with Gasteiger partial charge >= 0.3 is 0 Å². The van der Waals surface area contributed by atoms with E-state index in [1.807, 2.05) is 0 Å². The first kappa shape index (κ1) is 6.31. The van der Waals surface area contributed by atoms with E-state index in [-0.39, 0.29) is 0 Å². The van der Waals surface area contributed by atoms with E-state index in [4.69, 9.17) is 0 Å². The lowest BCUT2D eigenvalue weighted by Crippen LogP contribution is -2.01. The molecule has 0 radical (unpaired) electrons. The van der Waals surface area contributed by atoms with Crippen LogP contribution in [0.4, 0.5) is 0 Å². The van der Waals surface area contributed by atoms with Crippen molar-refractivity contribution in [2.75, 3.05) is 12.7 Å². The molecule has 0 saturated carbocycles. The van der Waals surface area contributed by atoms with E-state index < -0.39 is 7.95 Å². The average molecular weight is 133 g/mol. The van der Waals surface area contributed by atoms with E-state index in [9.17, 15) is 4.57 Å². The van der Waals surface area contributed by atoms with Crippen molar-refractivity contribution < 1.29 is 4.57 Å². The summed E-state index contributed by atoms with van der Waals surface area (Å²) >= 11 is 0. The summed E-state index contributed by atoms with van der Waals surface area (Å²) in [6, 6.07) is 0. The molecule has 1 aliphatic heterocycles. The molecule has 0 aliphatic carbocycles. The maximum atomic E-state index is 10.8. The van der Waals surface area contributed by atoms with Gasteiger partial charge in [-0.1, -0.05) is 6.42 Å². The molecular weight excluding hydrogens is 121 g/mol. The van der Waals surface area contributed by atoms with Crippen LogP contribution in [0.1, 0.15) is 19.3 Å². The first-order valence-corrected chi connectivity index (χ1v) is 4.78. The summed E-state index contributed by atoms with van der Waals surface area (Å²) in [7, 11) is -1.33. The minimum atomic E-state index is -1.33. The van der Waals surface area contributed by atoms with Gasteiger partial charge < -0.3 is 4.57 Å². The van der Waals surface area contributed by atoms with Crippen molar-refractivity contribution in [2.45, 2.75) is 19.3 Å². The van der Waals surface area contributed by atoms with Gasteiger partial charge in [-0.05, 0) is 12.8 Å².